The summed E-state index contributed by atoms with van der Waals surface area (Å²) in [6.07, 6.45) is 10.2. The Labute approximate surface area is 385 Å². The number of hydrogen-bond acceptors (Lipinski definition) is 11. The molecule has 8 rings (SSSR count). The number of carbonyl (C=O) groups excluding carboxylic acids is 1. The highest BCUT2D eigenvalue weighted by Gasteiger charge is 2.28. The second-order valence-electron chi connectivity index (χ2n) is 12.7. The minimum atomic E-state index is -0.941. The van der Waals surface area contributed by atoms with E-state index in [0.717, 1.165) is 47.3 Å². The Bertz CT molecular complexity index is 2320. The van der Waals surface area contributed by atoms with Crippen molar-refractivity contribution in [2.45, 2.75) is 85.5 Å². The van der Waals surface area contributed by atoms with Crippen LogP contribution >= 0.6 is 78.8 Å². The minimum Gasteiger partial charge on any atom is -0.480 e. The lowest BCUT2D eigenvalue weighted by Gasteiger charge is -2.24. The molecule has 0 radical (unpaired) electrons. The monoisotopic (exact) mass is 994 g/mol. The average Bonchev–Trinajstić information content (AvgIpc) is 3.60. The van der Waals surface area contributed by atoms with E-state index in [1.54, 1.807) is 23.6 Å². The van der Waals surface area contributed by atoms with Gasteiger partial charge in [-0.15, -0.1) is 17.0 Å². The van der Waals surface area contributed by atoms with Crippen molar-refractivity contribution in [1.29, 1.82) is 0 Å². The third kappa shape index (κ3) is 13.3. The first-order chi connectivity index (χ1) is 26.4. The van der Waals surface area contributed by atoms with Crippen molar-refractivity contribution in [3.05, 3.63) is 98.8 Å². The first-order valence-corrected chi connectivity index (χ1v) is 18.4. The number of anilines is 1. The van der Waals surface area contributed by atoms with Gasteiger partial charge in [0.05, 0.1) is 63.5 Å². The largest absolute Gasteiger partial charge is 0.480 e. The molecule has 0 unspecified atom stereocenters. The van der Waals surface area contributed by atoms with Gasteiger partial charge in [0.2, 0.25) is 23.1 Å². The van der Waals surface area contributed by atoms with Crippen LogP contribution in [0.3, 0.4) is 0 Å². The van der Waals surface area contributed by atoms with Crippen LogP contribution in [0.25, 0.3) is 22.1 Å². The lowest BCUT2D eigenvalue weighted by Crippen LogP contribution is -2.29. The smallest absolute Gasteiger partial charge is 0.325 e. The number of halogens is 6. The number of nitrogens with two attached hydrogens (primary N) is 1. The van der Waals surface area contributed by atoms with E-state index in [1.807, 2.05) is 4.57 Å². The van der Waals surface area contributed by atoms with Crippen LogP contribution in [0.1, 0.15) is 57.1 Å². The number of carbonyl (C=O) groups is 2. The van der Waals surface area contributed by atoms with Gasteiger partial charge in [-0.2, -0.15) is 35.8 Å². The number of fused-ring (bicyclic) bond motifs is 6. The van der Waals surface area contributed by atoms with Crippen LogP contribution in [-0.2, 0) is 53.1 Å². The Kier molecular flexibility index (Phi) is 22.2. The van der Waals surface area contributed by atoms with Gasteiger partial charge < -0.3 is 30.0 Å². The van der Waals surface area contributed by atoms with Crippen LogP contribution in [-0.4, -0.2) is 74.8 Å². The molecule has 60 heavy (non-hydrogen) atoms. The summed E-state index contributed by atoms with van der Waals surface area (Å²) in [4.78, 5) is 46.5. The Hall–Kier alpha value is -3.85. The van der Waals surface area contributed by atoms with Gasteiger partial charge >= 0.3 is 11.9 Å². The number of carboxylic acids is 1. The number of nitrogens with zero attached hydrogens (tertiary/aromatic N) is 8. The van der Waals surface area contributed by atoms with Gasteiger partial charge in [0.15, 0.2) is 0 Å². The number of hydrogen-bond donors (Lipinski definition) is 3. The number of aromatic nitrogens is 8. The van der Waals surface area contributed by atoms with Gasteiger partial charge in [0.1, 0.15) is 13.1 Å². The fraction of sp³-hybridized carbons (Fsp3) is 0.368. The second kappa shape index (κ2) is 24.6. The number of rotatable bonds is 7. The topological polar surface area (TPSA) is 189 Å². The molecule has 0 fully saturated rings. The lowest BCUT2D eigenvalue weighted by atomic mass is 9.92. The molecule has 0 aromatic carbocycles. The molecule has 0 spiro atoms. The Morgan fingerprint density at radius 1 is 0.817 bits per heavy atom. The number of pyridine rings is 2. The maximum atomic E-state index is 13.7. The molecule has 22 heteroatoms. The summed E-state index contributed by atoms with van der Waals surface area (Å²) >= 11 is 16.6. The van der Waals surface area contributed by atoms with Gasteiger partial charge in [0.25, 0.3) is 0 Å². The molecule has 2 aliphatic rings. The molecule has 0 aliphatic heterocycles. The Morgan fingerprint density at radius 3 is 1.80 bits per heavy atom. The fourth-order valence-electron chi connectivity index (χ4n) is 6.79. The first-order valence-electron chi connectivity index (χ1n) is 17.2. The molecule has 328 valence electrons. The van der Waals surface area contributed by atoms with E-state index in [2.05, 4.69) is 35.2 Å². The van der Waals surface area contributed by atoms with Crippen LogP contribution in [0.15, 0.2) is 49.1 Å². The second-order valence-corrected chi connectivity index (χ2v) is 13.9. The van der Waals surface area contributed by atoms with Crippen LogP contribution in [0.2, 0.25) is 15.3 Å². The Morgan fingerprint density at radius 2 is 1.30 bits per heavy atom. The predicted octanol–water partition coefficient (Wildman–Crippen LogP) is 8.09. The van der Waals surface area contributed by atoms with Gasteiger partial charge in [0, 0.05) is 34.6 Å². The lowest BCUT2D eigenvalue weighted by molar-refractivity contribution is -0.143. The van der Waals surface area contributed by atoms with Crippen molar-refractivity contribution < 1.29 is 28.2 Å². The number of esters is 1. The molecule has 2 aliphatic carbocycles. The highest BCUT2D eigenvalue weighted by atomic mass is 79.9. The van der Waals surface area contributed by atoms with E-state index in [9.17, 15) is 23.5 Å². The average molecular weight is 997 g/mol. The van der Waals surface area contributed by atoms with Crippen molar-refractivity contribution in [2.75, 3.05) is 11.9 Å². The molecular formula is C38H48BrCl3F2N10O4S2. The zero-order valence-corrected chi connectivity index (χ0v) is 36.7. The molecule has 14 nitrogen and oxygen atoms in total. The third-order valence-corrected chi connectivity index (χ3v) is 9.59. The van der Waals surface area contributed by atoms with E-state index < -0.39 is 17.9 Å². The molecule has 0 amide bonds. The quantitative estimate of drug-likeness (QED) is 0.0794. The van der Waals surface area contributed by atoms with Crippen LogP contribution < -0.4 is 11.1 Å². The summed E-state index contributed by atoms with van der Waals surface area (Å²) in [6, 6.07) is 5.92. The molecule has 0 saturated carbocycles. The zero-order valence-electron chi connectivity index (χ0n) is 30.8. The predicted molar refractivity (Wildman–Crippen MR) is 247 cm³/mol. The Balaban J connectivity index is 0.000000479. The zero-order chi connectivity index (χ0) is 39.2. The highest BCUT2D eigenvalue weighted by molar-refractivity contribution is 8.93. The van der Waals surface area contributed by atoms with E-state index in [0.29, 0.717) is 58.4 Å². The molecule has 0 bridgehead atoms. The number of carboxylic acid groups (broad SMARTS) is 1. The standard InChI is InChI=1S/C17H15ClFN5O2.C15H18FN3O2.C4H2Cl2N2.2CH4.BrH.2H2S/c18-9-6-20-17(21-7-9)22-10-1-2-12-11(5-10)16-13(3-4-14(19)23-16)24(12)8-15(25)26;1-2-21-14(20)8-19-11-4-3-9(17)7-10(11)15-12(19)5-6-13(16)18-15;5-3-1-7-4(6)8-2-3;;;;;/h3-4,6-7,10H,1-2,5,8H2,(H,25,26)(H,20,21,22);5-6,9H,2-4,7-8,17H2,1H3;1-2H;2*1H4;1H;2*1H2/t10-;9-;;;;;;/m00....../s1. The van der Waals surface area contributed by atoms with Crippen LogP contribution in [0, 0.1) is 11.9 Å². The van der Waals surface area contributed by atoms with E-state index >= 15 is 0 Å². The van der Waals surface area contributed by atoms with Crippen molar-refractivity contribution in [2.24, 2.45) is 5.73 Å². The summed E-state index contributed by atoms with van der Waals surface area (Å²) in [5.41, 5.74) is 12.3. The molecule has 6 aromatic heterocycles. The maximum absolute atomic E-state index is 13.7. The first kappa shape index (κ1) is 54.2. The van der Waals surface area contributed by atoms with Crippen LogP contribution in [0.4, 0.5) is 14.7 Å². The highest BCUT2D eigenvalue weighted by Crippen LogP contribution is 2.33. The van der Waals surface area contributed by atoms with E-state index in [1.165, 1.54) is 36.9 Å². The SMILES string of the molecule is Br.C.C.CCOC(=O)Cn1c2c(c3nc(F)ccc31)C[C@@H](N)CC2.Clc1cnc(Cl)nc1.O=C(O)Cn1c2c(c3nc(F)ccc31)C[C@@H](Nc1ncc(Cl)cn1)CC2.S.S. The van der Waals surface area contributed by atoms with Gasteiger partial charge in [-0.1, -0.05) is 38.1 Å². The van der Waals surface area contributed by atoms with Crippen LogP contribution in [0.5, 0.6) is 0 Å². The van der Waals surface area contributed by atoms with Crippen molar-refractivity contribution in [1.82, 2.24) is 39.0 Å². The van der Waals surface area contributed by atoms with Gasteiger partial charge in [-0.05, 0) is 81.3 Å². The molecule has 6 aromatic rings. The maximum Gasteiger partial charge on any atom is 0.325 e. The number of aliphatic carboxylic acids is 1. The summed E-state index contributed by atoms with van der Waals surface area (Å²) in [5, 5.41) is 13.6. The van der Waals surface area contributed by atoms with E-state index in [4.69, 9.17) is 45.3 Å². The van der Waals surface area contributed by atoms with Crippen molar-refractivity contribution in [3.63, 3.8) is 0 Å². The molecule has 4 N–H and O–H groups in total. The third-order valence-electron chi connectivity index (χ3n) is 9.01. The van der Waals surface area contributed by atoms with E-state index in [-0.39, 0.29) is 95.3 Å². The summed E-state index contributed by atoms with van der Waals surface area (Å²) < 4.78 is 35.8. The van der Waals surface area contributed by atoms with Gasteiger partial charge in [-0.3, -0.25) is 9.59 Å². The number of ether oxygens (including phenoxy) is 1. The summed E-state index contributed by atoms with van der Waals surface area (Å²) in [7, 11) is 0. The molecule has 6 heterocycles. The molecule has 2 atom stereocenters. The summed E-state index contributed by atoms with van der Waals surface area (Å²) in [5.74, 6) is -1.86. The minimum absolute atomic E-state index is 0. The van der Waals surface area contributed by atoms with Crippen molar-refractivity contribution in [3.8, 4) is 0 Å². The molecule has 0 saturated heterocycles. The normalized spacial score (nSPS) is 14.6. The molecular weight excluding hydrogens is 949 g/mol. The van der Waals surface area contributed by atoms with Crippen molar-refractivity contribution >= 4 is 119 Å². The fourth-order valence-corrected chi connectivity index (χ4v) is 7.09. The van der Waals surface area contributed by atoms with Gasteiger partial charge in [-0.25, -0.2) is 29.9 Å². The number of nitrogens with one attached hydrogen (secondary N) is 1. The summed E-state index contributed by atoms with van der Waals surface area (Å²) in [6.45, 7) is 2.08.